The van der Waals surface area contributed by atoms with Crippen molar-refractivity contribution < 1.29 is 9.13 Å². The normalized spacial score (nSPS) is 18.9. The molecule has 0 radical (unpaired) electrons. The second-order valence-corrected chi connectivity index (χ2v) is 10.2. The third-order valence-electron chi connectivity index (χ3n) is 6.67. The number of morpholine rings is 1. The van der Waals surface area contributed by atoms with Crippen molar-refractivity contribution in [3.8, 4) is 0 Å². The van der Waals surface area contributed by atoms with Gasteiger partial charge in [-0.05, 0) is 55.9 Å². The molecule has 4 nitrogen and oxygen atoms in total. The van der Waals surface area contributed by atoms with Gasteiger partial charge in [0.25, 0.3) is 0 Å². The summed E-state index contributed by atoms with van der Waals surface area (Å²) < 4.78 is 21.3. The van der Waals surface area contributed by atoms with E-state index in [0.29, 0.717) is 12.1 Å². The Morgan fingerprint density at radius 3 is 2.47 bits per heavy atom. The molecule has 30 heavy (non-hydrogen) atoms. The predicted molar refractivity (Wildman–Crippen MR) is 120 cm³/mol. The number of hydrogen-bond acceptors (Lipinski definition) is 3. The van der Waals surface area contributed by atoms with Crippen LogP contribution in [0.1, 0.15) is 65.6 Å². The first-order valence-electron chi connectivity index (χ1n) is 11.2. The van der Waals surface area contributed by atoms with E-state index in [9.17, 15) is 4.39 Å². The number of halogens is 1. The number of aromatic nitrogens is 2. The molecule has 0 amide bonds. The fourth-order valence-electron chi connectivity index (χ4n) is 4.73. The summed E-state index contributed by atoms with van der Waals surface area (Å²) in [5, 5.41) is 4.65. The van der Waals surface area contributed by atoms with Crippen LogP contribution in [-0.4, -0.2) is 46.5 Å². The Labute approximate surface area is 181 Å². The zero-order chi connectivity index (χ0) is 21.9. The lowest BCUT2D eigenvalue weighted by Gasteiger charge is -2.42. The number of aryl methyl sites for hydroxylation is 1. The van der Waals surface area contributed by atoms with Gasteiger partial charge in [-0.2, -0.15) is 5.10 Å². The van der Waals surface area contributed by atoms with E-state index in [4.69, 9.17) is 4.74 Å². The number of rotatable bonds is 8. The standard InChI is InChI=1S/C25H38FN3O/c1-19(2)28-15-16-30-18-22(28)17-25(5,6)23-11-13-27-29(23)14-12-24(3,4)20-7-9-21(26)10-8-20/h7-11,13,19,22H,12,14-18H2,1-6H3. The van der Waals surface area contributed by atoms with E-state index in [1.807, 2.05) is 18.3 Å². The van der Waals surface area contributed by atoms with E-state index in [2.05, 4.69) is 62.3 Å². The Morgan fingerprint density at radius 2 is 1.80 bits per heavy atom. The molecule has 1 aromatic carbocycles. The van der Waals surface area contributed by atoms with Crippen LogP contribution in [0.5, 0.6) is 0 Å². The lowest BCUT2D eigenvalue weighted by molar-refractivity contribution is -0.0316. The third kappa shape index (κ3) is 5.30. The summed E-state index contributed by atoms with van der Waals surface area (Å²) in [5.74, 6) is -0.187. The van der Waals surface area contributed by atoms with Crippen molar-refractivity contribution in [1.29, 1.82) is 0 Å². The molecule has 1 fully saturated rings. The number of hydrogen-bond donors (Lipinski definition) is 0. The van der Waals surface area contributed by atoms with E-state index in [0.717, 1.165) is 44.7 Å². The average Bonchev–Trinajstić information content (AvgIpc) is 3.17. The molecule has 1 aromatic heterocycles. The summed E-state index contributed by atoms with van der Waals surface area (Å²) in [6.45, 7) is 17.1. The molecule has 166 valence electrons. The van der Waals surface area contributed by atoms with Gasteiger partial charge >= 0.3 is 0 Å². The largest absolute Gasteiger partial charge is 0.378 e. The number of benzene rings is 1. The summed E-state index contributed by atoms with van der Waals surface area (Å²) >= 11 is 0. The Hall–Kier alpha value is -1.72. The Bertz CT molecular complexity index is 810. The SMILES string of the molecule is CC(C)N1CCOCC1CC(C)(C)c1ccnn1CCC(C)(C)c1ccc(F)cc1. The van der Waals surface area contributed by atoms with Crippen molar-refractivity contribution in [3.05, 3.63) is 53.6 Å². The van der Waals surface area contributed by atoms with Crippen molar-refractivity contribution >= 4 is 0 Å². The highest BCUT2D eigenvalue weighted by atomic mass is 19.1. The van der Waals surface area contributed by atoms with Gasteiger partial charge in [-0.15, -0.1) is 0 Å². The van der Waals surface area contributed by atoms with Gasteiger partial charge in [0.05, 0.1) is 13.2 Å². The molecule has 3 rings (SSSR count). The molecule has 5 heteroatoms. The highest BCUT2D eigenvalue weighted by Crippen LogP contribution is 2.33. The molecule has 1 saturated heterocycles. The Kier molecular flexibility index (Phi) is 7.03. The maximum absolute atomic E-state index is 13.3. The molecule has 0 bridgehead atoms. The van der Waals surface area contributed by atoms with Gasteiger partial charge in [0.2, 0.25) is 0 Å². The molecule has 1 aliphatic rings. The third-order valence-corrected chi connectivity index (χ3v) is 6.67. The van der Waals surface area contributed by atoms with Crippen LogP contribution in [0, 0.1) is 5.82 Å². The molecule has 0 saturated carbocycles. The van der Waals surface area contributed by atoms with Crippen LogP contribution in [0.4, 0.5) is 4.39 Å². The lowest BCUT2D eigenvalue weighted by atomic mass is 9.80. The zero-order valence-corrected chi connectivity index (χ0v) is 19.5. The van der Waals surface area contributed by atoms with Crippen LogP contribution in [0.15, 0.2) is 36.5 Å². The summed E-state index contributed by atoms with van der Waals surface area (Å²) in [5.41, 5.74) is 2.37. The van der Waals surface area contributed by atoms with Crippen molar-refractivity contribution in [1.82, 2.24) is 14.7 Å². The molecule has 0 spiro atoms. The minimum absolute atomic E-state index is 0.00494. The molecule has 2 heterocycles. The number of nitrogens with zero attached hydrogens (tertiary/aromatic N) is 3. The summed E-state index contributed by atoms with van der Waals surface area (Å²) in [6, 6.07) is 10.00. The van der Waals surface area contributed by atoms with Crippen LogP contribution in [0.25, 0.3) is 0 Å². The van der Waals surface area contributed by atoms with Gasteiger partial charge in [0.1, 0.15) is 5.82 Å². The molecule has 2 aromatic rings. The van der Waals surface area contributed by atoms with Crippen molar-refractivity contribution in [2.45, 2.75) is 83.8 Å². The Balaban J connectivity index is 1.71. The van der Waals surface area contributed by atoms with Crippen LogP contribution in [-0.2, 0) is 22.1 Å². The molecule has 1 aliphatic heterocycles. The molecule has 0 N–H and O–H groups in total. The Morgan fingerprint density at radius 1 is 1.10 bits per heavy atom. The van der Waals surface area contributed by atoms with Gasteiger partial charge < -0.3 is 4.74 Å². The van der Waals surface area contributed by atoms with Gasteiger partial charge in [-0.1, -0.05) is 39.8 Å². The first-order chi connectivity index (χ1) is 14.1. The van der Waals surface area contributed by atoms with Crippen LogP contribution in [0.3, 0.4) is 0 Å². The van der Waals surface area contributed by atoms with Gasteiger partial charge in [0.15, 0.2) is 0 Å². The van der Waals surface area contributed by atoms with Gasteiger partial charge in [0, 0.05) is 42.5 Å². The smallest absolute Gasteiger partial charge is 0.123 e. The monoisotopic (exact) mass is 415 g/mol. The fourth-order valence-corrected chi connectivity index (χ4v) is 4.73. The van der Waals surface area contributed by atoms with Crippen LogP contribution in [0.2, 0.25) is 0 Å². The quantitative estimate of drug-likeness (QED) is 0.596. The minimum Gasteiger partial charge on any atom is -0.378 e. The second-order valence-electron chi connectivity index (χ2n) is 10.2. The maximum Gasteiger partial charge on any atom is 0.123 e. The molecular formula is C25H38FN3O. The van der Waals surface area contributed by atoms with E-state index >= 15 is 0 Å². The summed E-state index contributed by atoms with van der Waals surface area (Å²) in [4.78, 5) is 2.57. The first kappa shape index (κ1) is 23.0. The molecule has 0 aliphatic carbocycles. The maximum atomic E-state index is 13.3. The van der Waals surface area contributed by atoms with E-state index < -0.39 is 0 Å². The first-order valence-corrected chi connectivity index (χ1v) is 11.2. The highest BCUT2D eigenvalue weighted by Gasteiger charge is 2.34. The summed E-state index contributed by atoms with van der Waals surface area (Å²) in [6.07, 6.45) is 3.89. The summed E-state index contributed by atoms with van der Waals surface area (Å²) in [7, 11) is 0. The minimum atomic E-state index is -0.187. The highest BCUT2D eigenvalue weighted by molar-refractivity contribution is 5.24. The van der Waals surface area contributed by atoms with Crippen LogP contribution < -0.4 is 0 Å². The van der Waals surface area contributed by atoms with E-state index in [1.54, 1.807) is 12.1 Å². The second kappa shape index (κ2) is 9.19. The average molecular weight is 416 g/mol. The van der Waals surface area contributed by atoms with Crippen LogP contribution >= 0.6 is 0 Å². The predicted octanol–water partition coefficient (Wildman–Crippen LogP) is 5.17. The van der Waals surface area contributed by atoms with E-state index in [1.165, 1.54) is 5.69 Å². The van der Waals surface area contributed by atoms with Gasteiger partial charge in [-0.25, -0.2) is 4.39 Å². The van der Waals surface area contributed by atoms with Crippen molar-refractivity contribution in [2.24, 2.45) is 0 Å². The number of ether oxygens (including phenoxy) is 1. The molecule has 1 unspecified atom stereocenters. The molecular weight excluding hydrogens is 377 g/mol. The van der Waals surface area contributed by atoms with Gasteiger partial charge in [-0.3, -0.25) is 9.58 Å². The van der Waals surface area contributed by atoms with E-state index in [-0.39, 0.29) is 16.6 Å². The lowest BCUT2D eigenvalue weighted by Crippen LogP contribution is -2.51. The van der Waals surface area contributed by atoms with Crippen molar-refractivity contribution in [3.63, 3.8) is 0 Å². The topological polar surface area (TPSA) is 30.3 Å². The molecule has 1 atom stereocenters. The fraction of sp³-hybridized carbons (Fsp3) is 0.640. The zero-order valence-electron chi connectivity index (χ0n) is 19.5. The van der Waals surface area contributed by atoms with Crippen molar-refractivity contribution in [2.75, 3.05) is 19.8 Å².